The fourth-order valence-corrected chi connectivity index (χ4v) is 2.08. The number of methoxy groups -OCH3 is 1. The van der Waals surface area contributed by atoms with E-state index in [1.807, 2.05) is 0 Å². The molecule has 5 nitrogen and oxygen atoms in total. The number of alkyl halides is 2. The van der Waals surface area contributed by atoms with Crippen molar-refractivity contribution in [1.29, 1.82) is 0 Å². The van der Waals surface area contributed by atoms with Crippen molar-refractivity contribution in [3.63, 3.8) is 0 Å². The van der Waals surface area contributed by atoms with Crippen LogP contribution in [0.2, 0.25) is 5.02 Å². The molecule has 0 unspecified atom stereocenters. The van der Waals surface area contributed by atoms with Gasteiger partial charge in [0.1, 0.15) is 11.4 Å². The highest BCUT2D eigenvalue weighted by molar-refractivity contribution is 6.31. The Labute approximate surface area is 145 Å². The molecule has 0 aliphatic heterocycles. The molecular formula is C16H23ClF2N2O3. The van der Waals surface area contributed by atoms with Crippen molar-refractivity contribution < 1.29 is 23.0 Å². The Morgan fingerprint density at radius 2 is 1.92 bits per heavy atom. The van der Waals surface area contributed by atoms with Crippen molar-refractivity contribution in [2.45, 2.75) is 38.8 Å². The smallest absolute Gasteiger partial charge is 0.407 e. The largest absolute Gasteiger partial charge is 0.496 e. The number of alkyl carbamates (subject to hydrolysis) is 1. The van der Waals surface area contributed by atoms with Crippen molar-refractivity contribution in [2.75, 3.05) is 20.2 Å². The number of halogens is 3. The van der Waals surface area contributed by atoms with E-state index in [-0.39, 0.29) is 6.54 Å². The number of carbonyl (C=O) groups is 1. The molecule has 0 fully saturated rings. The number of carbonyl (C=O) groups excluding carboxylic acids is 1. The van der Waals surface area contributed by atoms with Crippen LogP contribution in [-0.2, 0) is 11.3 Å². The molecule has 0 saturated heterocycles. The number of rotatable bonds is 7. The molecule has 136 valence electrons. The van der Waals surface area contributed by atoms with Crippen molar-refractivity contribution in [3.8, 4) is 5.75 Å². The predicted octanol–water partition coefficient (Wildman–Crippen LogP) is 3.60. The fraction of sp³-hybridized carbons (Fsp3) is 0.562. The van der Waals surface area contributed by atoms with E-state index in [0.29, 0.717) is 16.3 Å². The van der Waals surface area contributed by atoms with E-state index in [0.717, 1.165) is 0 Å². The number of amides is 1. The minimum Gasteiger partial charge on any atom is -0.496 e. The predicted molar refractivity (Wildman–Crippen MR) is 88.9 cm³/mol. The Morgan fingerprint density at radius 1 is 1.25 bits per heavy atom. The summed E-state index contributed by atoms with van der Waals surface area (Å²) >= 11 is 6.04. The zero-order valence-electron chi connectivity index (χ0n) is 14.2. The quantitative estimate of drug-likeness (QED) is 0.776. The highest BCUT2D eigenvalue weighted by atomic mass is 35.5. The molecule has 1 amide bonds. The van der Waals surface area contributed by atoms with E-state index in [4.69, 9.17) is 21.1 Å². The second-order valence-electron chi connectivity index (χ2n) is 6.24. The van der Waals surface area contributed by atoms with Gasteiger partial charge in [-0.15, -0.1) is 0 Å². The summed E-state index contributed by atoms with van der Waals surface area (Å²) in [6.45, 7) is 3.63. The number of hydrogen-bond donors (Lipinski definition) is 2. The van der Waals surface area contributed by atoms with E-state index >= 15 is 0 Å². The topological polar surface area (TPSA) is 59.6 Å². The average Bonchev–Trinajstić information content (AvgIpc) is 2.45. The maximum absolute atomic E-state index is 13.8. The van der Waals surface area contributed by atoms with Gasteiger partial charge in [0.2, 0.25) is 0 Å². The van der Waals surface area contributed by atoms with E-state index in [2.05, 4.69) is 10.6 Å². The first-order valence-electron chi connectivity index (χ1n) is 7.41. The second-order valence-corrected chi connectivity index (χ2v) is 6.64. The summed E-state index contributed by atoms with van der Waals surface area (Å²) in [6, 6.07) is 5.07. The van der Waals surface area contributed by atoms with E-state index in [1.165, 1.54) is 7.11 Å². The van der Waals surface area contributed by atoms with Gasteiger partial charge in [-0.05, 0) is 32.9 Å². The number of benzene rings is 1. The van der Waals surface area contributed by atoms with E-state index in [9.17, 15) is 13.6 Å². The molecule has 0 aliphatic rings. The third kappa shape index (κ3) is 7.31. The van der Waals surface area contributed by atoms with Crippen molar-refractivity contribution in [3.05, 3.63) is 28.8 Å². The Morgan fingerprint density at radius 3 is 2.50 bits per heavy atom. The molecule has 0 atom stereocenters. The van der Waals surface area contributed by atoms with Crippen LogP contribution < -0.4 is 15.4 Å². The maximum atomic E-state index is 13.8. The molecule has 0 radical (unpaired) electrons. The first-order valence-corrected chi connectivity index (χ1v) is 7.78. The Hall–Kier alpha value is -1.60. The molecule has 2 N–H and O–H groups in total. The van der Waals surface area contributed by atoms with Crippen LogP contribution in [0.5, 0.6) is 5.75 Å². The van der Waals surface area contributed by atoms with Gasteiger partial charge in [0, 0.05) is 17.1 Å². The van der Waals surface area contributed by atoms with Crippen molar-refractivity contribution in [1.82, 2.24) is 10.6 Å². The average molecular weight is 365 g/mol. The van der Waals surface area contributed by atoms with Crippen LogP contribution in [0.3, 0.4) is 0 Å². The van der Waals surface area contributed by atoms with Crippen molar-refractivity contribution >= 4 is 17.7 Å². The van der Waals surface area contributed by atoms with Gasteiger partial charge in [-0.1, -0.05) is 17.7 Å². The van der Waals surface area contributed by atoms with Crippen molar-refractivity contribution in [2.24, 2.45) is 0 Å². The summed E-state index contributed by atoms with van der Waals surface area (Å²) in [5.41, 5.74) is -0.143. The normalized spacial score (nSPS) is 12.0. The molecule has 0 heterocycles. The van der Waals surface area contributed by atoms with Gasteiger partial charge in [-0.2, -0.15) is 0 Å². The summed E-state index contributed by atoms with van der Waals surface area (Å²) in [7, 11) is 1.48. The lowest BCUT2D eigenvalue weighted by atomic mass is 10.2. The second kappa shape index (κ2) is 8.48. The summed E-state index contributed by atoms with van der Waals surface area (Å²) in [4.78, 5) is 11.4. The molecule has 0 aromatic heterocycles. The van der Waals surface area contributed by atoms with Crippen LogP contribution in [0.1, 0.15) is 26.3 Å². The molecule has 0 saturated carbocycles. The van der Waals surface area contributed by atoms with Gasteiger partial charge in [0.25, 0.3) is 5.92 Å². The van der Waals surface area contributed by atoms with Crippen LogP contribution in [-0.4, -0.2) is 37.8 Å². The molecule has 0 aliphatic carbocycles. The minimum absolute atomic E-state index is 0.116. The Kier molecular flexibility index (Phi) is 7.23. The van der Waals surface area contributed by atoms with Crippen LogP contribution in [0.15, 0.2) is 18.2 Å². The van der Waals surface area contributed by atoms with Crippen LogP contribution in [0.4, 0.5) is 13.6 Å². The van der Waals surface area contributed by atoms with E-state index < -0.39 is 30.7 Å². The highest BCUT2D eigenvalue weighted by Crippen LogP contribution is 2.26. The SMILES string of the molecule is COc1cccc(Cl)c1CNCC(F)(F)CNC(=O)OC(C)(C)C. The molecule has 0 bridgehead atoms. The Balaban J connectivity index is 2.47. The van der Waals surface area contributed by atoms with Gasteiger partial charge < -0.3 is 20.1 Å². The Bertz CT molecular complexity index is 563. The molecule has 24 heavy (non-hydrogen) atoms. The fourth-order valence-electron chi connectivity index (χ4n) is 1.85. The molecule has 1 rings (SSSR count). The zero-order valence-corrected chi connectivity index (χ0v) is 15.0. The number of nitrogens with one attached hydrogen (secondary N) is 2. The number of ether oxygens (including phenoxy) is 2. The summed E-state index contributed by atoms with van der Waals surface area (Å²) in [5, 5.41) is 5.11. The summed E-state index contributed by atoms with van der Waals surface area (Å²) < 4.78 is 37.7. The minimum atomic E-state index is -3.13. The summed E-state index contributed by atoms with van der Waals surface area (Å²) in [5.74, 6) is -2.61. The van der Waals surface area contributed by atoms with Gasteiger partial charge in [-0.25, -0.2) is 13.6 Å². The first kappa shape index (κ1) is 20.4. The lowest BCUT2D eigenvalue weighted by molar-refractivity contribution is -0.00379. The maximum Gasteiger partial charge on any atom is 0.407 e. The van der Waals surface area contributed by atoms with Gasteiger partial charge in [0.05, 0.1) is 20.2 Å². The van der Waals surface area contributed by atoms with Crippen LogP contribution in [0, 0.1) is 0 Å². The van der Waals surface area contributed by atoms with Crippen LogP contribution >= 0.6 is 11.6 Å². The molecule has 1 aromatic carbocycles. The molecule has 8 heteroatoms. The lowest BCUT2D eigenvalue weighted by Crippen LogP contribution is -2.44. The third-order valence-electron chi connectivity index (χ3n) is 2.87. The van der Waals surface area contributed by atoms with Gasteiger partial charge in [0.15, 0.2) is 0 Å². The zero-order chi connectivity index (χ0) is 18.4. The van der Waals surface area contributed by atoms with Crippen LogP contribution in [0.25, 0.3) is 0 Å². The van der Waals surface area contributed by atoms with Gasteiger partial charge in [-0.3, -0.25) is 0 Å². The summed E-state index contributed by atoms with van der Waals surface area (Å²) in [6.07, 6.45) is -0.880. The highest BCUT2D eigenvalue weighted by Gasteiger charge is 2.30. The molecule has 1 aromatic rings. The molecule has 0 spiro atoms. The molecular weight excluding hydrogens is 342 g/mol. The van der Waals surface area contributed by atoms with E-state index in [1.54, 1.807) is 39.0 Å². The monoisotopic (exact) mass is 364 g/mol. The first-order chi connectivity index (χ1) is 11.0. The lowest BCUT2D eigenvalue weighted by Gasteiger charge is -2.22. The van der Waals surface area contributed by atoms with Gasteiger partial charge >= 0.3 is 6.09 Å². The third-order valence-corrected chi connectivity index (χ3v) is 3.23. The standard InChI is InChI=1S/C16H23ClF2N2O3/c1-15(2,3)24-14(22)21-10-16(18,19)9-20-8-11-12(17)6-5-7-13(11)23-4/h5-7,20H,8-10H2,1-4H3,(H,21,22). The number of hydrogen-bond acceptors (Lipinski definition) is 4.